The average Bonchev–Trinajstić information content (AvgIpc) is 3.22. The van der Waals surface area contributed by atoms with Crippen molar-refractivity contribution in [3.8, 4) is 28.4 Å². The van der Waals surface area contributed by atoms with Crippen LogP contribution in [0.5, 0.6) is 5.75 Å². The van der Waals surface area contributed by atoms with Crippen LogP contribution in [0.2, 0.25) is 0 Å². The van der Waals surface area contributed by atoms with Crippen molar-refractivity contribution in [2.24, 2.45) is 0 Å². The summed E-state index contributed by atoms with van der Waals surface area (Å²) in [6, 6.07) is 17.7. The van der Waals surface area contributed by atoms with E-state index >= 15 is 0 Å². The molecule has 6 rings (SSSR count). The number of fused-ring (bicyclic) bond motifs is 1. The first kappa shape index (κ1) is 27.3. The molecule has 42 heavy (non-hydrogen) atoms. The van der Waals surface area contributed by atoms with Gasteiger partial charge in [-0.15, -0.1) is 6.58 Å². The zero-order valence-corrected chi connectivity index (χ0v) is 23.5. The van der Waals surface area contributed by atoms with Crippen molar-refractivity contribution in [1.82, 2.24) is 24.4 Å². The molecule has 2 aromatic carbocycles. The highest BCUT2D eigenvalue weighted by Gasteiger charge is 2.31. The second-order valence-corrected chi connectivity index (χ2v) is 10.6. The van der Waals surface area contributed by atoms with Crippen LogP contribution in [0.15, 0.2) is 83.0 Å². The molecule has 0 aliphatic carbocycles. The minimum absolute atomic E-state index is 0.0634. The van der Waals surface area contributed by atoms with E-state index in [4.69, 9.17) is 20.4 Å². The van der Waals surface area contributed by atoms with Crippen LogP contribution < -0.4 is 26.6 Å². The van der Waals surface area contributed by atoms with Gasteiger partial charge in [-0.25, -0.2) is 15.0 Å². The number of nitrogens with one attached hydrogen (secondary N) is 1. The van der Waals surface area contributed by atoms with E-state index in [9.17, 15) is 9.59 Å². The van der Waals surface area contributed by atoms with E-state index < -0.39 is 10.9 Å². The van der Waals surface area contributed by atoms with E-state index in [0.717, 1.165) is 53.8 Å². The summed E-state index contributed by atoms with van der Waals surface area (Å²) in [6.45, 7) is 5.53. The molecule has 0 bridgehead atoms. The molecule has 10 nitrogen and oxygen atoms in total. The normalized spacial score (nSPS) is 16.7. The van der Waals surface area contributed by atoms with Gasteiger partial charge < -0.3 is 15.8 Å². The molecule has 0 saturated carbocycles. The van der Waals surface area contributed by atoms with Gasteiger partial charge in [0.05, 0.1) is 24.5 Å². The topological polar surface area (TPSA) is 128 Å². The van der Waals surface area contributed by atoms with Gasteiger partial charge in [0.2, 0.25) is 0 Å². The molecule has 0 radical (unpaired) electrons. The predicted molar refractivity (Wildman–Crippen MR) is 165 cm³/mol. The largest absolute Gasteiger partial charge is 0.491 e. The van der Waals surface area contributed by atoms with Gasteiger partial charge in [0, 0.05) is 30.9 Å². The summed E-state index contributed by atoms with van der Waals surface area (Å²) in [5, 5.41) is 3.32. The van der Waals surface area contributed by atoms with Crippen molar-refractivity contribution in [2.45, 2.75) is 37.9 Å². The van der Waals surface area contributed by atoms with Crippen LogP contribution in [-0.4, -0.2) is 50.7 Å². The second-order valence-electron chi connectivity index (χ2n) is 10.6. The van der Waals surface area contributed by atoms with Gasteiger partial charge in [0.25, 0.3) is 10.9 Å². The van der Waals surface area contributed by atoms with Gasteiger partial charge in [-0.1, -0.05) is 42.8 Å². The quantitative estimate of drug-likeness (QED) is 0.198. The molecular formula is C32H33N7O3. The van der Waals surface area contributed by atoms with E-state index in [1.165, 1.54) is 7.11 Å². The third kappa shape index (κ3) is 4.94. The number of imidazole rings is 1. The molecule has 214 valence electrons. The zero-order chi connectivity index (χ0) is 29.2. The number of hydrogen-bond acceptors (Lipinski definition) is 9. The summed E-state index contributed by atoms with van der Waals surface area (Å²) in [4.78, 5) is 41.1. The van der Waals surface area contributed by atoms with Gasteiger partial charge in [0.15, 0.2) is 11.4 Å². The molecule has 0 amide bonds. The Bertz CT molecular complexity index is 1810. The molecule has 1 aliphatic rings. The Morgan fingerprint density at radius 2 is 1.93 bits per heavy atom. The molecule has 10 heteroatoms. The molecule has 3 aromatic heterocycles. The van der Waals surface area contributed by atoms with Crippen LogP contribution in [-0.2, 0) is 0 Å². The molecule has 3 N–H and O–H groups in total. The Morgan fingerprint density at radius 1 is 1.10 bits per heavy atom. The van der Waals surface area contributed by atoms with Gasteiger partial charge >= 0.3 is 0 Å². The third-order valence-corrected chi connectivity index (χ3v) is 7.91. The molecule has 1 fully saturated rings. The molecule has 2 unspecified atom stereocenters. The SMILES string of the molecule is C=CCC(N1CCCCC(Nc2c(OC)c(=O)c2=O)C1)n1c(-c2cccnc2N)nc2ccc(-c3ccccc3)nc21. The molecular weight excluding hydrogens is 530 g/mol. The van der Waals surface area contributed by atoms with Gasteiger partial charge in [0.1, 0.15) is 22.8 Å². The number of likely N-dealkylation sites (tertiary alicyclic amines) is 1. The number of nitrogens with two attached hydrogens (primary N) is 1. The van der Waals surface area contributed by atoms with Gasteiger partial charge in [-0.3, -0.25) is 19.1 Å². The highest BCUT2D eigenvalue weighted by molar-refractivity contribution is 5.82. The van der Waals surface area contributed by atoms with E-state index in [0.29, 0.717) is 24.6 Å². The fourth-order valence-electron chi connectivity index (χ4n) is 5.85. The first-order valence-corrected chi connectivity index (χ1v) is 14.1. The lowest BCUT2D eigenvalue weighted by Crippen LogP contribution is -2.43. The number of nitrogen functional groups attached to an aromatic ring is 1. The maximum absolute atomic E-state index is 12.3. The van der Waals surface area contributed by atoms with Crippen molar-refractivity contribution >= 4 is 22.7 Å². The van der Waals surface area contributed by atoms with Crippen molar-refractivity contribution in [2.75, 3.05) is 31.2 Å². The number of aromatic nitrogens is 4. The lowest BCUT2D eigenvalue weighted by molar-refractivity contribution is 0.147. The van der Waals surface area contributed by atoms with Gasteiger partial charge in [-0.2, -0.15) is 0 Å². The first-order chi connectivity index (χ1) is 20.5. The minimum Gasteiger partial charge on any atom is -0.491 e. The number of ether oxygens (including phenoxy) is 1. The number of rotatable bonds is 9. The van der Waals surface area contributed by atoms with E-state index in [1.54, 1.807) is 6.20 Å². The minimum atomic E-state index is -0.584. The average molecular weight is 564 g/mol. The van der Waals surface area contributed by atoms with Crippen LogP contribution in [0.25, 0.3) is 33.8 Å². The molecule has 1 aliphatic heterocycles. The molecule has 0 spiro atoms. The van der Waals surface area contributed by atoms with Crippen LogP contribution in [0.1, 0.15) is 31.8 Å². The number of methoxy groups -OCH3 is 1. The lowest BCUT2D eigenvalue weighted by Gasteiger charge is -2.34. The number of pyridine rings is 2. The van der Waals surface area contributed by atoms with Crippen molar-refractivity contribution in [3.05, 3.63) is 93.9 Å². The Balaban J connectivity index is 1.46. The molecule has 4 heterocycles. The summed E-state index contributed by atoms with van der Waals surface area (Å²) < 4.78 is 7.33. The van der Waals surface area contributed by atoms with Crippen molar-refractivity contribution in [1.29, 1.82) is 0 Å². The number of anilines is 2. The Morgan fingerprint density at radius 3 is 2.69 bits per heavy atom. The summed E-state index contributed by atoms with van der Waals surface area (Å²) >= 11 is 0. The maximum Gasteiger partial charge on any atom is 0.271 e. The summed E-state index contributed by atoms with van der Waals surface area (Å²) in [7, 11) is 1.41. The summed E-state index contributed by atoms with van der Waals surface area (Å²) in [5.41, 5.74) is 9.60. The Kier molecular flexibility index (Phi) is 7.54. The van der Waals surface area contributed by atoms with Crippen molar-refractivity contribution in [3.63, 3.8) is 0 Å². The van der Waals surface area contributed by atoms with E-state index in [2.05, 4.69) is 26.3 Å². The highest BCUT2D eigenvalue weighted by atomic mass is 16.5. The lowest BCUT2D eigenvalue weighted by atomic mass is 10.1. The van der Waals surface area contributed by atoms with Gasteiger partial charge in [-0.05, 0) is 43.5 Å². The monoisotopic (exact) mass is 563 g/mol. The fraction of sp³-hybridized carbons (Fsp3) is 0.281. The maximum atomic E-state index is 12.3. The molecule has 1 saturated heterocycles. The zero-order valence-electron chi connectivity index (χ0n) is 23.5. The smallest absolute Gasteiger partial charge is 0.271 e. The van der Waals surface area contributed by atoms with E-state index in [-0.39, 0.29) is 23.6 Å². The Labute approximate surface area is 243 Å². The first-order valence-electron chi connectivity index (χ1n) is 14.1. The second kappa shape index (κ2) is 11.6. The fourth-order valence-corrected chi connectivity index (χ4v) is 5.85. The standard InChI is InChI=1S/C32H33N7O3/c1-3-10-25(38-18-8-7-13-21(19-38)35-26-27(40)28(41)29(26)42-2)39-31(22-14-9-17-34-30(22)33)37-24-16-15-23(36-32(24)39)20-11-5-4-6-12-20/h3-6,9,11-12,14-17,21,25,35H,1,7-8,10,13,18-19H2,2H3,(H2,33,34). The highest BCUT2D eigenvalue weighted by Crippen LogP contribution is 2.35. The predicted octanol–water partition coefficient (Wildman–Crippen LogP) is 4.39. The van der Waals surface area contributed by atoms with Crippen LogP contribution >= 0.6 is 0 Å². The third-order valence-electron chi connectivity index (χ3n) is 7.91. The van der Waals surface area contributed by atoms with E-state index in [1.807, 2.05) is 60.7 Å². The van der Waals surface area contributed by atoms with Crippen LogP contribution in [0.3, 0.4) is 0 Å². The summed E-state index contributed by atoms with van der Waals surface area (Å²) in [5.74, 6) is 1.17. The van der Waals surface area contributed by atoms with Crippen LogP contribution in [0, 0.1) is 0 Å². The van der Waals surface area contributed by atoms with Crippen molar-refractivity contribution < 1.29 is 4.74 Å². The molecule has 5 aromatic rings. The summed E-state index contributed by atoms with van der Waals surface area (Å²) in [6.07, 6.45) is 6.78. The Hall–Kier alpha value is -4.83. The number of nitrogens with zero attached hydrogens (tertiary/aromatic N) is 5. The number of benzene rings is 1. The molecule has 2 atom stereocenters. The number of hydrogen-bond donors (Lipinski definition) is 2. The van der Waals surface area contributed by atoms with Crippen LogP contribution in [0.4, 0.5) is 11.5 Å².